The van der Waals surface area contributed by atoms with Crippen molar-refractivity contribution in [3.05, 3.63) is 0 Å². The number of hydrogen-bond acceptors (Lipinski definition) is 3. The summed E-state index contributed by atoms with van der Waals surface area (Å²) in [4.78, 5) is 14.3. The first-order chi connectivity index (χ1) is 9.35. The number of likely N-dealkylation sites (tertiary alicyclic amines) is 1. The van der Waals surface area contributed by atoms with Crippen LogP contribution in [0.5, 0.6) is 0 Å². The molecular formula is C15H29N3O2. The van der Waals surface area contributed by atoms with Crippen LogP contribution in [0.3, 0.4) is 0 Å². The second-order valence-electron chi connectivity index (χ2n) is 7.31. The summed E-state index contributed by atoms with van der Waals surface area (Å²) >= 11 is 0. The van der Waals surface area contributed by atoms with Gasteiger partial charge in [0.1, 0.15) is 0 Å². The molecule has 116 valence electrons. The molecule has 3 unspecified atom stereocenters. The van der Waals surface area contributed by atoms with E-state index in [1.165, 1.54) is 0 Å². The Morgan fingerprint density at radius 2 is 2.10 bits per heavy atom. The summed E-state index contributed by atoms with van der Waals surface area (Å²) in [6.07, 6.45) is 5.19. The first-order valence-electron chi connectivity index (χ1n) is 7.85. The number of carbonyl (C=O) groups is 1. The van der Waals surface area contributed by atoms with Gasteiger partial charge in [-0.1, -0.05) is 13.8 Å². The molecule has 0 aromatic heterocycles. The summed E-state index contributed by atoms with van der Waals surface area (Å²) in [6.45, 7) is 5.56. The number of aliphatic hydroxyl groups is 1. The topological polar surface area (TPSA) is 78.6 Å². The highest BCUT2D eigenvalue weighted by atomic mass is 16.3. The lowest BCUT2D eigenvalue weighted by Crippen LogP contribution is -2.49. The van der Waals surface area contributed by atoms with Crippen LogP contribution in [0.2, 0.25) is 0 Å². The summed E-state index contributed by atoms with van der Waals surface area (Å²) in [5.74, 6) is 0. The van der Waals surface area contributed by atoms with Gasteiger partial charge < -0.3 is 21.1 Å². The zero-order valence-electron chi connectivity index (χ0n) is 12.8. The van der Waals surface area contributed by atoms with Gasteiger partial charge in [-0.15, -0.1) is 0 Å². The number of nitrogens with one attached hydrogen (secondary N) is 1. The molecule has 0 spiro atoms. The SMILES string of the molecule is CC1(C)CC(O)CCN(C(=O)NC2CCCC(N)C2)C1. The highest BCUT2D eigenvalue weighted by molar-refractivity contribution is 5.74. The highest BCUT2D eigenvalue weighted by Crippen LogP contribution is 2.28. The fourth-order valence-electron chi connectivity index (χ4n) is 3.50. The van der Waals surface area contributed by atoms with Gasteiger partial charge in [0.05, 0.1) is 6.10 Å². The molecule has 1 aliphatic carbocycles. The minimum atomic E-state index is -0.300. The van der Waals surface area contributed by atoms with E-state index in [9.17, 15) is 9.90 Å². The smallest absolute Gasteiger partial charge is 0.317 e. The fourth-order valence-corrected chi connectivity index (χ4v) is 3.50. The molecule has 2 amide bonds. The van der Waals surface area contributed by atoms with E-state index >= 15 is 0 Å². The van der Waals surface area contributed by atoms with Crippen molar-refractivity contribution in [2.24, 2.45) is 11.1 Å². The van der Waals surface area contributed by atoms with Crippen LogP contribution in [0.15, 0.2) is 0 Å². The molecule has 5 heteroatoms. The maximum Gasteiger partial charge on any atom is 0.317 e. The number of hydrogen-bond donors (Lipinski definition) is 3. The molecule has 1 heterocycles. The summed E-state index contributed by atoms with van der Waals surface area (Å²) in [7, 11) is 0. The number of nitrogens with zero attached hydrogens (tertiary/aromatic N) is 1. The first kappa shape index (κ1) is 15.6. The molecule has 0 aromatic carbocycles. The maximum atomic E-state index is 12.4. The third-order valence-electron chi connectivity index (χ3n) is 4.47. The predicted octanol–water partition coefficient (Wildman–Crippen LogP) is 1.45. The monoisotopic (exact) mass is 283 g/mol. The van der Waals surface area contributed by atoms with Crippen LogP contribution in [0.1, 0.15) is 52.4 Å². The molecule has 0 aromatic rings. The Bertz CT molecular complexity index is 346. The normalized spacial score (nSPS) is 34.4. The van der Waals surface area contributed by atoms with Crippen molar-refractivity contribution in [2.45, 2.75) is 70.6 Å². The van der Waals surface area contributed by atoms with Crippen molar-refractivity contribution in [1.29, 1.82) is 0 Å². The summed E-state index contributed by atoms with van der Waals surface area (Å²) in [5.41, 5.74) is 5.94. The molecule has 4 N–H and O–H groups in total. The van der Waals surface area contributed by atoms with Gasteiger partial charge in [0.15, 0.2) is 0 Å². The third-order valence-corrected chi connectivity index (χ3v) is 4.47. The summed E-state index contributed by atoms with van der Waals surface area (Å²) < 4.78 is 0. The number of carbonyl (C=O) groups excluding carboxylic acids is 1. The lowest BCUT2D eigenvalue weighted by molar-refractivity contribution is 0.121. The lowest BCUT2D eigenvalue weighted by atomic mass is 9.87. The molecule has 1 aliphatic heterocycles. The standard InChI is InChI=1S/C15H29N3O2/c1-15(2)9-13(19)6-7-18(10-15)14(20)17-12-5-3-4-11(16)8-12/h11-13,19H,3-10,16H2,1-2H3,(H,17,20). The van der Waals surface area contributed by atoms with Gasteiger partial charge in [-0.2, -0.15) is 0 Å². The van der Waals surface area contributed by atoms with E-state index < -0.39 is 0 Å². The van der Waals surface area contributed by atoms with Gasteiger partial charge in [-0.25, -0.2) is 4.79 Å². The molecule has 0 bridgehead atoms. The average molecular weight is 283 g/mol. The second kappa shape index (κ2) is 6.31. The Morgan fingerprint density at radius 3 is 2.80 bits per heavy atom. The molecule has 2 fully saturated rings. The number of rotatable bonds is 1. The maximum absolute atomic E-state index is 12.4. The average Bonchev–Trinajstić information content (AvgIpc) is 2.46. The Hall–Kier alpha value is -0.810. The molecule has 2 aliphatic rings. The summed E-state index contributed by atoms with van der Waals surface area (Å²) in [6, 6.07) is 0.435. The quantitative estimate of drug-likeness (QED) is 0.681. The van der Waals surface area contributed by atoms with E-state index in [0.29, 0.717) is 19.5 Å². The van der Waals surface area contributed by atoms with Crippen molar-refractivity contribution < 1.29 is 9.90 Å². The highest BCUT2D eigenvalue weighted by Gasteiger charge is 2.32. The van der Waals surface area contributed by atoms with Crippen LogP contribution in [0.25, 0.3) is 0 Å². The van der Waals surface area contributed by atoms with Gasteiger partial charge in [0.2, 0.25) is 0 Å². The van der Waals surface area contributed by atoms with Crippen LogP contribution in [-0.2, 0) is 0 Å². The molecule has 1 saturated heterocycles. The van der Waals surface area contributed by atoms with Crippen molar-refractivity contribution in [2.75, 3.05) is 13.1 Å². The molecule has 2 rings (SSSR count). The zero-order chi connectivity index (χ0) is 14.8. The minimum absolute atomic E-state index is 0.00581. The van der Waals surface area contributed by atoms with E-state index in [2.05, 4.69) is 19.2 Å². The summed E-state index contributed by atoms with van der Waals surface area (Å²) in [5, 5.41) is 13.0. The third kappa shape index (κ3) is 4.35. The Morgan fingerprint density at radius 1 is 1.35 bits per heavy atom. The minimum Gasteiger partial charge on any atom is -0.393 e. The van der Waals surface area contributed by atoms with Crippen LogP contribution < -0.4 is 11.1 Å². The molecule has 1 saturated carbocycles. The van der Waals surface area contributed by atoms with Crippen LogP contribution >= 0.6 is 0 Å². The Kier molecular flexibility index (Phi) is 4.91. The molecule has 3 atom stereocenters. The van der Waals surface area contributed by atoms with E-state index in [-0.39, 0.29) is 29.6 Å². The van der Waals surface area contributed by atoms with Crippen LogP contribution in [0.4, 0.5) is 4.79 Å². The van der Waals surface area contributed by atoms with E-state index in [1.54, 1.807) is 0 Å². The van der Waals surface area contributed by atoms with Crippen LogP contribution in [-0.4, -0.2) is 47.3 Å². The molecule has 0 radical (unpaired) electrons. The van der Waals surface area contributed by atoms with Crippen LogP contribution in [0, 0.1) is 5.41 Å². The first-order valence-corrected chi connectivity index (χ1v) is 7.85. The van der Waals surface area contributed by atoms with Gasteiger partial charge in [0, 0.05) is 25.2 Å². The van der Waals surface area contributed by atoms with E-state index in [0.717, 1.165) is 32.1 Å². The van der Waals surface area contributed by atoms with E-state index in [4.69, 9.17) is 5.73 Å². The van der Waals surface area contributed by atoms with Gasteiger partial charge in [-0.3, -0.25) is 0 Å². The lowest BCUT2D eigenvalue weighted by Gasteiger charge is -2.33. The van der Waals surface area contributed by atoms with Crippen molar-refractivity contribution >= 4 is 6.03 Å². The zero-order valence-corrected chi connectivity index (χ0v) is 12.8. The predicted molar refractivity (Wildman–Crippen MR) is 79.4 cm³/mol. The van der Waals surface area contributed by atoms with Gasteiger partial charge in [-0.05, 0) is 43.9 Å². The second-order valence-corrected chi connectivity index (χ2v) is 7.31. The molecule has 20 heavy (non-hydrogen) atoms. The number of nitrogens with two attached hydrogens (primary N) is 1. The number of aliphatic hydroxyl groups excluding tert-OH is 1. The van der Waals surface area contributed by atoms with Gasteiger partial charge in [0.25, 0.3) is 0 Å². The van der Waals surface area contributed by atoms with Crippen molar-refractivity contribution in [1.82, 2.24) is 10.2 Å². The largest absolute Gasteiger partial charge is 0.393 e. The van der Waals surface area contributed by atoms with E-state index in [1.807, 2.05) is 4.90 Å². The van der Waals surface area contributed by atoms with Crippen molar-refractivity contribution in [3.63, 3.8) is 0 Å². The Labute approximate surface area is 121 Å². The number of amides is 2. The Balaban J connectivity index is 1.90. The molecule has 5 nitrogen and oxygen atoms in total. The van der Waals surface area contributed by atoms with Gasteiger partial charge >= 0.3 is 6.03 Å². The number of urea groups is 1. The molecular weight excluding hydrogens is 254 g/mol. The fraction of sp³-hybridized carbons (Fsp3) is 0.933. The van der Waals surface area contributed by atoms with Crippen molar-refractivity contribution in [3.8, 4) is 0 Å².